The van der Waals surface area contributed by atoms with Gasteiger partial charge in [-0.2, -0.15) is 0 Å². The van der Waals surface area contributed by atoms with E-state index in [-0.39, 0.29) is 0 Å². The molecule has 104 valence electrons. The number of ether oxygens (including phenoxy) is 2. The number of hydrogen-bond donors (Lipinski definition) is 0. The van der Waals surface area contributed by atoms with Crippen LogP contribution in [0.4, 0.5) is 0 Å². The fourth-order valence-electron chi connectivity index (χ4n) is 3.10. The van der Waals surface area contributed by atoms with Gasteiger partial charge in [-0.1, -0.05) is 47.7 Å². The van der Waals surface area contributed by atoms with Gasteiger partial charge >= 0.3 is 0 Å². The smallest absolute Gasteiger partial charge is 0.161 e. The fraction of sp³-hybridized carbons (Fsp3) is 0.625. The van der Waals surface area contributed by atoms with E-state index in [1.807, 2.05) is 6.07 Å². The summed E-state index contributed by atoms with van der Waals surface area (Å²) in [6.07, 6.45) is 8.28. The molecule has 0 spiro atoms. The molecule has 1 heterocycles. The molecule has 19 heavy (non-hydrogen) atoms. The third-order valence-electron chi connectivity index (χ3n) is 4.23. The lowest BCUT2D eigenvalue weighted by Gasteiger charge is -2.20. The van der Waals surface area contributed by atoms with Crippen molar-refractivity contribution in [1.29, 1.82) is 0 Å². The average molecular weight is 325 g/mol. The zero-order valence-corrected chi connectivity index (χ0v) is 12.8. The first kappa shape index (κ1) is 13.3. The number of halogens is 1. The summed E-state index contributed by atoms with van der Waals surface area (Å²) in [5.41, 5.74) is 1.31. The minimum absolute atomic E-state index is 0.434. The van der Waals surface area contributed by atoms with Gasteiger partial charge in [0.25, 0.3) is 0 Å². The molecule has 0 N–H and O–H groups in total. The van der Waals surface area contributed by atoms with Crippen molar-refractivity contribution in [2.75, 3.05) is 13.2 Å². The van der Waals surface area contributed by atoms with E-state index in [2.05, 4.69) is 28.1 Å². The maximum absolute atomic E-state index is 5.65. The Bertz CT molecular complexity index is 427. The van der Waals surface area contributed by atoms with Crippen molar-refractivity contribution in [2.24, 2.45) is 5.92 Å². The monoisotopic (exact) mass is 324 g/mol. The highest BCUT2D eigenvalue weighted by atomic mass is 79.9. The Kier molecular flexibility index (Phi) is 4.31. The summed E-state index contributed by atoms with van der Waals surface area (Å²) >= 11 is 3.82. The number of fused-ring (bicyclic) bond motifs is 1. The first-order valence-corrected chi connectivity index (χ1v) is 8.28. The van der Waals surface area contributed by atoms with Crippen LogP contribution in [0.2, 0.25) is 0 Å². The lowest BCUT2D eigenvalue weighted by atomic mass is 9.98. The van der Waals surface area contributed by atoms with Crippen molar-refractivity contribution in [2.45, 2.75) is 43.4 Å². The molecule has 1 aromatic carbocycles. The molecule has 0 amide bonds. The Balaban J connectivity index is 1.60. The quantitative estimate of drug-likeness (QED) is 0.736. The predicted octanol–water partition coefficient (Wildman–Crippen LogP) is 4.86. The van der Waals surface area contributed by atoms with Gasteiger partial charge in [0, 0.05) is 4.83 Å². The van der Waals surface area contributed by atoms with Crippen LogP contribution in [0, 0.1) is 5.92 Å². The molecule has 1 fully saturated rings. The van der Waals surface area contributed by atoms with Crippen molar-refractivity contribution in [1.82, 2.24) is 0 Å². The van der Waals surface area contributed by atoms with Gasteiger partial charge in [0.05, 0.1) is 0 Å². The molecule has 0 radical (unpaired) electrons. The summed E-state index contributed by atoms with van der Waals surface area (Å²) in [6, 6.07) is 6.32. The second kappa shape index (κ2) is 6.17. The maximum Gasteiger partial charge on any atom is 0.161 e. The van der Waals surface area contributed by atoms with E-state index in [0.717, 1.165) is 17.4 Å². The van der Waals surface area contributed by atoms with Gasteiger partial charge in [0.1, 0.15) is 13.2 Å². The van der Waals surface area contributed by atoms with Gasteiger partial charge < -0.3 is 9.47 Å². The third-order valence-corrected chi connectivity index (χ3v) is 5.22. The normalized spacial score (nSPS) is 20.5. The first-order valence-electron chi connectivity index (χ1n) is 7.36. The van der Waals surface area contributed by atoms with Crippen LogP contribution >= 0.6 is 15.9 Å². The van der Waals surface area contributed by atoms with Gasteiger partial charge in [0.15, 0.2) is 11.5 Å². The summed E-state index contributed by atoms with van der Waals surface area (Å²) in [5, 5.41) is 0. The van der Waals surface area contributed by atoms with Crippen LogP contribution in [0.3, 0.4) is 0 Å². The van der Waals surface area contributed by atoms with E-state index in [4.69, 9.17) is 9.47 Å². The predicted molar refractivity (Wildman–Crippen MR) is 80.3 cm³/mol. The molecule has 0 bridgehead atoms. The molecule has 2 aliphatic rings. The molecule has 1 saturated carbocycles. The van der Waals surface area contributed by atoms with Crippen molar-refractivity contribution in [3.05, 3.63) is 23.8 Å². The van der Waals surface area contributed by atoms with E-state index in [1.165, 1.54) is 44.1 Å². The SMILES string of the molecule is BrC(CCC1CCCC1)c1ccc2c(c1)OCCO2. The van der Waals surface area contributed by atoms with Gasteiger partial charge in [-0.15, -0.1) is 0 Å². The first-order chi connectivity index (χ1) is 9.33. The zero-order valence-electron chi connectivity index (χ0n) is 11.2. The molecule has 3 heteroatoms. The highest BCUT2D eigenvalue weighted by Gasteiger charge is 2.19. The van der Waals surface area contributed by atoms with E-state index in [1.54, 1.807) is 0 Å². The van der Waals surface area contributed by atoms with Crippen LogP contribution in [-0.4, -0.2) is 13.2 Å². The fourth-order valence-corrected chi connectivity index (χ4v) is 3.65. The van der Waals surface area contributed by atoms with Crippen LogP contribution in [0.25, 0.3) is 0 Å². The topological polar surface area (TPSA) is 18.5 Å². The Morgan fingerprint density at radius 1 is 1.11 bits per heavy atom. The molecule has 2 nitrogen and oxygen atoms in total. The number of alkyl halides is 1. The molecule has 0 aromatic heterocycles. The van der Waals surface area contributed by atoms with Crippen molar-refractivity contribution < 1.29 is 9.47 Å². The number of hydrogen-bond acceptors (Lipinski definition) is 2. The van der Waals surface area contributed by atoms with Crippen molar-refractivity contribution in [3.63, 3.8) is 0 Å². The Morgan fingerprint density at radius 2 is 1.84 bits per heavy atom. The van der Waals surface area contributed by atoms with E-state index < -0.39 is 0 Å². The molecule has 1 atom stereocenters. The standard InChI is InChI=1S/C16H21BrO2/c17-14(7-5-12-3-1-2-4-12)13-6-8-15-16(11-13)19-10-9-18-15/h6,8,11-12,14H,1-5,7,9-10H2. The lowest BCUT2D eigenvalue weighted by molar-refractivity contribution is 0.171. The Hall–Kier alpha value is -0.700. The van der Waals surface area contributed by atoms with E-state index >= 15 is 0 Å². The summed E-state index contributed by atoms with van der Waals surface area (Å²) in [4.78, 5) is 0.434. The molecular formula is C16H21BrO2. The summed E-state index contributed by atoms with van der Waals surface area (Å²) in [5.74, 6) is 2.73. The van der Waals surface area contributed by atoms with E-state index in [9.17, 15) is 0 Å². The minimum atomic E-state index is 0.434. The van der Waals surface area contributed by atoms with Crippen LogP contribution in [0.5, 0.6) is 11.5 Å². The highest BCUT2D eigenvalue weighted by molar-refractivity contribution is 9.09. The van der Waals surface area contributed by atoms with E-state index in [0.29, 0.717) is 18.0 Å². The van der Waals surface area contributed by atoms with Crippen LogP contribution in [0.1, 0.15) is 48.9 Å². The van der Waals surface area contributed by atoms with Crippen LogP contribution < -0.4 is 9.47 Å². The Labute approximate surface area is 123 Å². The van der Waals surface area contributed by atoms with Gasteiger partial charge in [-0.25, -0.2) is 0 Å². The van der Waals surface area contributed by atoms with Crippen molar-refractivity contribution in [3.8, 4) is 11.5 Å². The van der Waals surface area contributed by atoms with Gasteiger partial charge in [-0.05, 0) is 36.5 Å². The molecule has 1 aromatic rings. The second-order valence-electron chi connectivity index (χ2n) is 5.60. The number of benzene rings is 1. The lowest BCUT2D eigenvalue weighted by Crippen LogP contribution is -2.15. The molecule has 1 aliphatic heterocycles. The summed E-state index contributed by atoms with van der Waals surface area (Å²) < 4.78 is 11.2. The third kappa shape index (κ3) is 3.25. The summed E-state index contributed by atoms with van der Waals surface area (Å²) in [6.45, 7) is 1.32. The highest BCUT2D eigenvalue weighted by Crippen LogP contribution is 2.38. The Morgan fingerprint density at radius 3 is 2.63 bits per heavy atom. The largest absolute Gasteiger partial charge is 0.486 e. The average Bonchev–Trinajstić information content (AvgIpc) is 2.97. The minimum Gasteiger partial charge on any atom is -0.486 e. The zero-order chi connectivity index (χ0) is 13.1. The number of rotatable bonds is 4. The molecule has 1 aliphatic carbocycles. The van der Waals surface area contributed by atoms with Crippen molar-refractivity contribution >= 4 is 15.9 Å². The molecule has 1 unspecified atom stereocenters. The van der Waals surface area contributed by atoms with Crippen LogP contribution in [0.15, 0.2) is 18.2 Å². The molecule has 3 rings (SSSR count). The second-order valence-corrected chi connectivity index (χ2v) is 6.70. The summed E-state index contributed by atoms with van der Waals surface area (Å²) in [7, 11) is 0. The molecule has 0 saturated heterocycles. The maximum atomic E-state index is 5.65. The van der Waals surface area contributed by atoms with Gasteiger partial charge in [0.2, 0.25) is 0 Å². The van der Waals surface area contributed by atoms with Gasteiger partial charge in [-0.3, -0.25) is 0 Å². The molecular weight excluding hydrogens is 304 g/mol. The van der Waals surface area contributed by atoms with Crippen LogP contribution in [-0.2, 0) is 0 Å².